The van der Waals surface area contributed by atoms with Gasteiger partial charge < -0.3 is 9.84 Å². The Labute approximate surface area is 105 Å². The molecule has 2 rings (SSSR count). The number of benzene rings is 1. The topological polar surface area (TPSA) is 59.4 Å². The standard InChI is InChI=1S/C14H13NO3/c1-9-7-10(3-4-13(9)18-2)11-5-6-15-8-12(11)14(16)17/h3-8H,1-2H3,(H,16,17). The van der Waals surface area contributed by atoms with Crippen molar-refractivity contribution in [3.05, 3.63) is 47.8 Å². The van der Waals surface area contributed by atoms with E-state index in [0.29, 0.717) is 5.56 Å². The van der Waals surface area contributed by atoms with Gasteiger partial charge in [-0.15, -0.1) is 0 Å². The lowest BCUT2D eigenvalue weighted by Gasteiger charge is -2.09. The molecule has 92 valence electrons. The highest BCUT2D eigenvalue weighted by Crippen LogP contribution is 2.28. The predicted molar refractivity (Wildman–Crippen MR) is 67.9 cm³/mol. The van der Waals surface area contributed by atoms with E-state index < -0.39 is 5.97 Å². The van der Waals surface area contributed by atoms with Gasteiger partial charge in [-0.05, 0) is 41.8 Å². The molecule has 0 aliphatic carbocycles. The second-order valence-electron chi connectivity index (χ2n) is 3.91. The van der Waals surface area contributed by atoms with E-state index >= 15 is 0 Å². The highest BCUT2D eigenvalue weighted by Gasteiger charge is 2.12. The number of ether oxygens (including phenoxy) is 1. The maximum Gasteiger partial charge on any atom is 0.337 e. The van der Waals surface area contributed by atoms with Gasteiger partial charge in [0.1, 0.15) is 5.75 Å². The lowest BCUT2D eigenvalue weighted by Crippen LogP contribution is -2.00. The van der Waals surface area contributed by atoms with Gasteiger partial charge >= 0.3 is 5.97 Å². The molecule has 4 nitrogen and oxygen atoms in total. The summed E-state index contributed by atoms with van der Waals surface area (Å²) in [5, 5.41) is 9.13. The van der Waals surface area contributed by atoms with Gasteiger partial charge in [-0.2, -0.15) is 0 Å². The molecule has 1 aromatic carbocycles. The Kier molecular flexibility index (Phi) is 3.28. The van der Waals surface area contributed by atoms with Crippen LogP contribution in [0.4, 0.5) is 0 Å². The van der Waals surface area contributed by atoms with Crippen molar-refractivity contribution < 1.29 is 14.6 Å². The summed E-state index contributed by atoms with van der Waals surface area (Å²) in [6.45, 7) is 1.92. The molecule has 0 spiro atoms. The molecule has 1 heterocycles. The summed E-state index contributed by atoms with van der Waals surface area (Å²) in [5.74, 6) is -0.198. The lowest BCUT2D eigenvalue weighted by molar-refractivity contribution is 0.0697. The summed E-state index contributed by atoms with van der Waals surface area (Å²) in [5.41, 5.74) is 2.65. The molecule has 0 amide bonds. The zero-order chi connectivity index (χ0) is 13.1. The van der Waals surface area contributed by atoms with Gasteiger partial charge in [-0.25, -0.2) is 4.79 Å². The van der Waals surface area contributed by atoms with Crippen molar-refractivity contribution in [3.8, 4) is 16.9 Å². The smallest absolute Gasteiger partial charge is 0.337 e. The quantitative estimate of drug-likeness (QED) is 0.900. The second-order valence-corrected chi connectivity index (χ2v) is 3.91. The fourth-order valence-electron chi connectivity index (χ4n) is 1.86. The predicted octanol–water partition coefficient (Wildman–Crippen LogP) is 2.76. The summed E-state index contributed by atoms with van der Waals surface area (Å²) in [6.07, 6.45) is 2.94. The number of rotatable bonds is 3. The van der Waals surface area contributed by atoms with Crippen LogP contribution in [0.5, 0.6) is 5.75 Å². The van der Waals surface area contributed by atoms with E-state index in [4.69, 9.17) is 9.84 Å². The van der Waals surface area contributed by atoms with Crippen LogP contribution in [0.15, 0.2) is 36.7 Å². The minimum atomic E-state index is -0.980. The molecular weight excluding hydrogens is 230 g/mol. The first-order chi connectivity index (χ1) is 8.63. The van der Waals surface area contributed by atoms with Gasteiger partial charge in [0, 0.05) is 12.4 Å². The van der Waals surface area contributed by atoms with E-state index in [9.17, 15) is 4.79 Å². The zero-order valence-corrected chi connectivity index (χ0v) is 10.2. The van der Waals surface area contributed by atoms with Gasteiger partial charge in [-0.3, -0.25) is 4.98 Å². The van der Waals surface area contributed by atoms with Crippen LogP contribution in [-0.4, -0.2) is 23.2 Å². The number of hydrogen-bond acceptors (Lipinski definition) is 3. The minimum absolute atomic E-state index is 0.196. The van der Waals surface area contributed by atoms with Crippen molar-refractivity contribution in [2.75, 3.05) is 7.11 Å². The third-order valence-corrected chi connectivity index (χ3v) is 2.76. The molecule has 1 N–H and O–H groups in total. The Bertz CT molecular complexity index is 593. The normalized spacial score (nSPS) is 10.1. The zero-order valence-electron chi connectivity index (χ0n) is 10.2. The lowest BCUT2D eigenvalue weighted by atomic mass is 10.00. The molecule has 0 saturated heterocycles. The van der Waals surface area contributed by atoms with Crippen molar-refractivity contribution in [3.63, 3.8) is 0 Å². The first-order valence-electron chi connectivity index (χ1n) is 5.46. The van der Waals surface area contributed by atoms with E-state index in [1.807, 2.05) is 25.1 Å². The number of carbonyl (C=O) groups is 1. The van der Waals surface area contributed by atoms with Crippen LogP contribution in [-0.2, 0) is 0 Å². The third-order valence-electron chi connectivity index (χ3n) is 2.76. The van der Waals surface area contributed by atoms with Crippen molar-refractivity contribution in [2.24, 2.45) is 0 Å². The molecule has 0 aliphatic rings. The Balaban J connectivity index is 2.55. The van der Waals surface area contributed by atoms with Crippen LogP contribution in [0.25, 0.3) is 11.1 Å². The molecule has 4 heteroatoms. The van der Waals surface area contributed by atoms with Crippen molar-refractivity contribution >= 4 is 5.97 Å². The average molecular weight is 243 g/mol. The Morgan fingerprint density at radius 2 is 2.11 bits per heavy atom. The number of carboxylic acids is 1. The number of aryl methyl sites for hydroxylation is 1. The maximum absolute atomic E-state index is 11.1. The van der Waals surface area contributed by atoms with Crippen molar-refractivity contribution in [2.45, 2.75) is 6.92 Å². The number of pyridine rings is 1. The number of methoxy groups -OCH3 is 1. The van der Waals surface area contributed by atoms with Crippen molar-refractivity contribution in [1.82, 2.24) is 4.98 Å². The van der Waals surface area contributed by atoms with Crippen molar-refractivity contribution in [1.29, 1.82) is 0 Å². The Hall–Kier alpha value is -2.36. The van der Waals surface area contributed by atoms with Gasteiger partial charge in [0.25, 0.3) is 0 Å². The summed E-state index contributed by atoms with van der Waals surface area (Å²) >= 11 is 0. The van der Waals surface area contributed by atoms with Crippen LogP contribution in [0.1, 0.15) is 15.9 Å². The highest BCUT2D eigenvalue weighted by atomic mass is 16.5. The number of aromatic carboxylic acids is 1. The molecular formula is C14H13NO3. The Morgan fingerprint density at radius 1 is 1.33 bits per heavy atom. The molecule has 0 bridgehead atoms. The molecule has 0 atom stereocenters. The molecule has 0 unspecified atom stereocenters. The van der Waals surface area contributed by atoms with E-state index in [1.165, 1.54) is 6.20 Å². The van der Waals surface area contributed by atoms with Crippen LogP contribution < -0.4 is 4.74 Å². The molecule has 2 aromatic rings. The SMILES string of the molecule is COc1ccc(-c2ccncc2C(=O)O)cc1C. The van der Waals surface area contributed by atoms with E-state index in [0.717, 1.165) is 16.9 Å². The van der Waals surface area contributed by atoms with E-state index in [-0.39, 0.29) is 5.56 Å². The average Bonchev–Trinajstić information content (AvgIpc) is 2.38. The van der Waals surface area contributed by atoms with Crippen LogP contribution in [0.3, 0.4) is 0 Å². The number of nitrogens with zero attached hydrogens (tertiary/aromatic N) is 1. The molecule has 0 saturated carbocycles. The van der Waals surface area contributed by atoms with E-state index in [1.54, 1.807) is 19.4 Å². The fraction of sp³-hybridized carbons (Fsp3) is 0.143. The first-order valence-corrected chi connectivity index (χ1v) is 5.46. The van der Waals surface area contributed by atoms with Gasteiger partial charge in [0.2, 0.25) is 0 Å². The number of hydrogen-bond donors (Lipinski definition) is 1. The third kappa shape index (κ3) is 2.18. The molecule has 1 aromatic heterocycles. The number of carboxylic acid groups (broad SMARTS) is 1. The second kappa shape index (κ2) is 4.87. The number of aromatic nitrogens is 1. The molecule has 18 heavy (non-hydrogen) atoms. The minimum Gasteiger partial charge on any atom is -0.496 e. The van der Waals surface area contributed by atoms with Crippen LogP contribution >= 0.6 is 0 Å². The molecule has 0 radical (unpaired) electrons. The Morgan fingerprint density at radius 3 is 2.72 bits per heavy atom. The monoisotopic (exact) mass is 243 g/mol. The van der Waals surface area contributed by atoms with E-state index in [2.05, 4.69) is 4.98 Å². The maximum atomic E-state index is 11.1. The van der Waals surface area contributed by atoms with Crippen LogP contribution in [0.2, 0.25) is 0 Å². The van der Waals surface area contributed by atoms with Crippen LogP contribution in [0, 0.1) is 6.92 Å². The largest absolute Gasteiger partial charge is 0.496 e. The summed E-state index contributed by atoms with van der Waals surface area (Å²) < 4.78 is 5.18. The fourth-order valence-corrected chi connectivity index (χ4v) is 1.86. The molecule has 0 fully saturated rings. The summed E-state index contributed by atoms with van der Waals surface area (Å²) in [6, 6.07) is 7.27. The summed E-state index contributed by atoms with van der Waals surface area (Å²) in [7, 11) is 1.61. The highest BCUT2D eigenvalue weighted by molar-refractivity contribution is 5.95. The summed E-state index contributed by atoms with van der Waals surface area (Å²) in [4.78, 5) is 15.0. The van der Waals surface area contributed by atoms with Gasteiger partial charge in [0.05, 0.1) is 12.7 Å². The molecule has 0 aliphatic heterocycles. The first kappa shape index (κ1) is 12.1. The van der Waals surface area contributed by atoms with Gasteiger partial charge in [0.15, 0.2) is 0 Å². The van der Waals surface area contributed by atoms with Gasteiger partial charge in [-0.1, -0.05) is 6.07 Å².